The number of likely N-dealkylation sites (N-methyl/N-ethyl adjacent to an activating group) is 1. The number of carbonyl (C=O) groups is 3. The van der Waals surface area contributed by atoms with Crippen molar-refractivity contribution in [3.05, 3.63) is 64.2 Å². The van der Waals surface area contributed by atoms with E-state index in [1.807, 2.05) is 12.1 Å². The van der Waals surface area contributed by atoms with E-state index in [9.17, 15) is 19.5 Å². The molecule has 8 nitrogen and oxygen atoms in total. The Morgan fingerprint density at radius 1 is 1.33 bits per heavy atom. The molecule has 1 N–H and O–H groups in total. The van der Waals surface area contributed by atoms with E-state index in [-0.39, 0.29) is 42.0 Å². The molecule has 0 aliphatic carbocycles. The molecule has 0 bridgehead atoms. The number of aromatic nitrogens is 1. The average Bonchev–Trinajstić information content (AvgIpc) is 3.07. The number of pyridine rings is 1. The number of rotatable bonds is 6. The van der Waals surface area contributed by atoms with Crippen molar-refractivity contribution in [2.75, 3.05) is 18.9 Å². The minimum atomic E-state index is -1.34. The van der Waals surface area contributed by atoms with Crippen LogP contribution in [0.3, 0.4) is 0 Å². The van der Waals surface area contributed by atoms with Crippen LogP contribution in [0.5, 0.6) is 0 Å². The van der Waals surface area contributed by atoms with E-state index in [4.69, 9.17) is 0 Å². The number of carboxylic acids is 1. The van der Waals surface area contributed by atoms with Gasteiger partial charge in [-0.15, -0.1) is 11.3 Å². The number of hydrogen-bond acceptors (Lipinski definition) is 6. The van der Waals surface area contributed by atoms with E-state index >= 15 is 0 Å². The fraction of sp³-hybridized carbons (Fsp3) is 0.217. The molecule has 0 saturated carbocycles. The van der Waals surface area contributed by atoms with Gasteiger partial charge in [0, 0.05) is 34.5 Å². The third kappa shape index (κ3) is 5.62. The number of carbonyl (C=O) groups excluding carboxylic acids is 3. The van der Waals surface area contributed by atoms with Crippen LogP contribution in [0.4, 0.5) is 10.6 Å². The fourth-order valence-corrected chi connectivity index (χ4v) is 4.82. The van der Waals surface area contributed by atoms with Gasteiger partial charge in [0.25, 0.3) is 0 Å². The third-order valence-electron chi connectivity index (χ3n) is 5.30. The summed E-state index contributed by atoms with van der Waals surface area (Å²) in [6.45, 7) is 2.18. The van der Waals surface area contributed by atoms with E-state index in [1.165, 1.54) is 21.7 Å². The number of nitrogens with zero attached hydrogens (tertiary/aromatic N) is 3. The molecule has 33 heavy (non-hydrogen) atoms. The van der Waals surface area contributed by atoms with Crippen LogP contribution in [-0.2, 0) is 22.7 Å². The van der Waals surface area contributed by atoms with Crippen LogP contribution in [0.15, 0.2) is 42.6 Å². The largest absolute Gasteiger partial charge is 1.00 e. The first-order chi connectivity index (χ1) is 15.3. The summed E-state index contributed by atoms with van der Waals surface area (Å²) < 4.78 is 1.20. The molecular formula is C23H21N4NaO4S. The summed E-state index contributed by atoms with van der Waals surface area (Å²) in [6.07, 6.45) is 4.68. The second kappa shape index (κ2) is 10.5. The SMILES string of the molecule is Cc1c(CN(C)C(=O)/C=C/c2cnc3c(c2)CN(CC(=O)[O-])C(=O)N3)sc2ccccc12.[Na+]. The van der Waals surface area contributed by atoms with Crippen molar-refractivity contribution in [2.24, 2.45) is 0 Å². The van der Waals surface area contributed by atoms with Crippen LogP contribution >= 0.6 is 11.3 Å². The Morgan fingerprint density at radius 2 is 2.09 bits per heavy atom. The summed E-state index contributed by atoms with van der Waals surface area (Å²) in [7, 11) is 1.76. The van der Waals surface area contributed by atoms with Crippen molar-refractivity contribution in [2.45, 2.75) is 20.0 Å². The fourth-order valence-electron chi connectivity index (χ4n) is 3.56. The quantitative estimate of drug-likeness (QED) is 0.380. The van der Waals surface area contributed by atoms with Gasteiger partial charge in [-0.05, 0) is 41.6 Å². The van der Waals surface area contributed by atoms with Crippen LogP contribution in [0.1, 0.15) is 21.6 Å². The molecule has 2 aromatic heterocycles. The number of anilines is 1. The topological polar surface area (TPSA) is 106 Å². The van der Waals surface area contributed by atoms with Crippen LogP contribution in [-0.4, -0.2) is 46.3 Å². The Balaban J connectivity index is 0.00000306. The number of benzene rings is 1. The van der Waals surface area contributed by atoms with Crippen molar-refractivity contribution < 1.29 is 49.0 Å². The van der Waals surface area contributed by atoms with Gasteiger partial charge in [0.05, 0.1) is 25.6 Å². The first-order valence-electron chi connectivity index (χ1n) is 9.96. The van der Waals surface area contributed by atoms with E-state index in [1.54, 1.807) is 41.6 Å². The van der Waals surface area contributed by atoms with Crippen LogP contribution in [0.25, 0.3) is 16.2 Å². The zero-order chi connectivity index (χ0) is 22.8. The number of aryl methyl sites for hydroxylation is 1. The first-order valence-corrected chi connectivity index (χ1v) is 10.8. The van der Waals surface area contributed by atoms with Gasteiger partial charge >= 0.3 is 35.6 Å². The van der Waals surface area contributed by atoms with E-state index in [2.05, 4.69) is 29.4 Å². The minimum Gasteiger partial charge on any atom is -0.548 e. The molecule has 1 aromatic carbocycles. The van der Waals surface area contributed by atoms with Gasteiger partial charge in [-0.3, -0.25) is 10.1 Å². The van der Waals surface area contributed by atoms with Gasteiger partial charge in [0.1, 0.15) is 5.82 Å². The number of thiophene rings is 1. The second-order valence-electron chi connectivity index (χ2n) is 7.61. The molecular weight excluding hydrogens is 451 g/mol. The van der Waals surface area contributed by atoms with Crippen molar-refractivity contribution in [1.29, 1.82) is 0 Å². The number of nitrogens with one attached hydrogen (secondary N) is 1. The molecule has 0 radical (unpaired) electrons. The maximum absolute atomic E-state index is 12.6. The first kappa shape index (κ1) is 24.9. The van der Waals surface area contributed by atoms with Gasteiger partial charge in [-0.25, -0.2) is 9.78 Å². The zero-order valence-corrected chi connectivity index (χ0v) is 21.4. The maximum Gasteiger partial charge on any atom is 1.00 e. The number of amides is 3. The summed E-state index contributed by atoms with van der Waals surface area (Å²) >= 11 is 1.69. The number of urea groups is 1. The molecule has 1 aliphatic rings. The summed E-state index contributed by atoms with van der Waals surface area (Å²) in [5.74, 6) is -1.10. The summed E-state index contributed by atoms with van der Waals surface area (Å²) in [5, 5.41) is 14.6. The van der Waals surface area contributed by atoms with Crippen molar-refractivity contribution in [3.8, 4) is 0 Å². The summed E-state index contributed by atoms with van der Waals surface area (Å²) in [4.78, 5) is 43.5. The van der Waals surface area contributed by atoms with Crippen LogP contribution in [0.2, 0.25) is 0 Å². The van der Waals surface area contributed by atoms with Crippen molar-refractivity contribution in [1.82, 2.24) is 14.8 Å². The van der Waals surface area contributed by atoms with Gasteiger partial charge in [0.2, 0.25) is 5.91 Å². The standard InChI is InChI=1S/C23H22N4O4S.Na/c1-14-17-5-3-4-6-18(17)32-19(14)12-26(2)20(28)8-7-15-9-16-11-27(13-21(29)30)23(31)25-22(16)24-10-15;/h3-10H,11-13H2,1-2H3,(H,29,30)(H,24,25,31);/q;+1/p-1/b8-7+;. The third-order valence-corrected chi connectivity index (χ3v) is 6.56. The van der Waals surface area contributed by atoms with Crippen molar-refractivity contribution in [3.63, 3.8) is 0 Å². The Kier molecular flexibility index (Phi) is 7.91. The van der Waals surface area contributed by atoms with Gasteiger partial charge in [0.15, 0.2) is 0 Å². The molecule has 3 heterocycles. The molecule has 3 amide bonds. The normalized spacial score (nSPS) is 12.9. The van der Waals surface area contributed by atoms with Gasteiger partial charge < -0.3 is 19.7 Å². The zero-order valence-electron chi connectivity index (χ0n) is 18.6. The molecule has 10 heteroatoms. The Hall–Kier alpha value is -2.72. The molecule has 0 atom stereocenters. The van der Waals surface area contributed by atoms with E-state index in [0.29, 0.717) is 23.5 Å². The summed E-state index contributed by atoms with van der Waals surface area (Å²) in [5.41, 5.74) is 2.53. The number of carboxylic acid groups (broad SMARTS) is 1. The molecule has 3 aromatic rings. The predicted octanol–water partition coefficient (Wildman–Crippen LogP) is -0.622. The molecule has 1 aliphatic heterocycles. The molecule has 0 unspecified atom stereocenters. The Morgan fingerprint density at radius 3 is 2.82 bits per heavy atom. The average molecular weight is 473 g/mol. The second-order valence-corrected chi connectivity index (χ2v) is 8.75. The maximum atomic E-state index is 12.6. The van der Waals surface area contributed by atoms with Crippen LogP contribution in [0, 0.1) is 6.92 Å². The molecule has 164 valence electrons. The van der Waals surface area contributed by atoms with Gasteiger partial charge in [-0.2, -0.15) is 0 Å². The number of hydrogen-bond donors (Lipinski definition) is 1. The summed E-state index contributed by atoms with van der Waals surface area (Å²) in [6, 6.07) is 9.42. The minimum absolute atomic E-state index is 0. The van der Waals surface area contributed by atoms with Crippen LogP contribution < -0.4 is 40.0 Å². The number of fused-ring (bicyclic) bond motifs is 2. The van der Waals surface area contributed by atoms with E-state index < -0.39 is 18.5 Å². The Labute approximate surface area is 217 Å². The number of aliphatic carboxylic acids is 1. The van der Waals surface area contributed by atoms with Crippen molar-refractivity contribution >= 4 is 51.2 Å². The molecule has 4 rings (SSSR count). The monoisotopic (exact) mass is 472 g/mol. The van der Waals surface area contributed by atoms with Gasteiger partial charge in [-0.1, -0.05) is 18.2 Å². The Bertz CT molecular complexity index is 1260. The molecule has 0 fully saturated rings. The smallest absolute Gasteiger partial charge is 0.548 e. The molecule has 0 saturated heterocycles. The molecule has 0 spiro atoms. The van der Waals surface area contributed by atoms with E-state index in [0.717, 1.165) is 9.78 Å². The predicted molar refractivity (Wildman–Crippen MR) is 121 cm³/mol.